The van der Waals surface area contributed by atoms with E-state index >= 15 is 0 Å². The third-order valence-corrected chi connectivity index (χ3v) is 4.59. The van der Waals surface area contributed by atoms with Crippen LogP contribution in [-0.2, 0) is 4.74 Å². The molecule has 0 radical (unpaired) electrons. The zero-order valence-corrected chi connectivity index (χ0v) is 16.3. The summed E-state index contributed by atoms with van der Waals surface area (Å²) in [5.41, 5.74) is 1.95. The summed E-state index contributed by atoms with van der Waals surface area (Å²) in [5.74, 6) is 0.404. The van der Waals surface area contributed by atoms with Gasteiger partial charge in [-0.1, -0.05) is 0 Å². The molecule has 0 saturated carbocycles. The molecule has 1 fully saturated rings. The van der Waals surface area contributed by atoms with Crippen molar-refractivity contribution in [1.29, 1.82) is 0 Å². The van der Waals surface area contributed by atoms with Crippen LogP contribution >= 0.6 is 0 Å². The van der Waals surface area contributed by atoms with Gasteiger partial charge in [0, 0.05) is 19.7 Å². The molecule has 0 amide bonds. The van der Waals surface area contributed by atoms with Crippen LogP contribution in [0.5, 0.6) is 5.75 Å². The summed E-state index contributed by atoms with van der Waals surface area (Å²) in [7, 11) is 3.62. The van der Waals surface area contributed by atoms with Gasteiger partial charge in [-0.05, 0) is 58.0 Å². The van der Waals surface area contributed by atoms with Crippen molar-refractivity contribution in [2.75, 3.05) is 39.4 Å². The van der Waals surface area contributed by atoms with Crippen molar-refractivity contribution in [2.24, 2.45) is 0 Å². The Labute approximate surface area is 158 Å². The van der Waals surface area contributed by atoms with Crippen molar-refractivity contribution in [2.45, 2.75) is 32.7 Å². The van der Waals surface area contributed by atoms with Crippen molar-refractivity contribution in [3.05, 3.63) is 29.2 Å². The number of aryl methyl sites for hydroxylation is 2. The van der Waals surface area contributed by atoms with E-state index in [1.807, 2.05) is 0 Å². The Bertz CT molecular complexity index is 802. The van der Waals surface area contributed by atoms with E-state index in [0.29, 0.717) is 23.1 Å². The molecule has 1 aliphatic heterocycles. The first-order valence-electron chi connectivity index (χ1n) is 9.06. The Morgan fingerprint density at radius 3 is 2.81 bits per heavy atom. The van der Waals surface area contributed by atoms with E-state index < -0.39 is 5.82 Å². The van der Waals surface area contributed by atoms with Crippen LogP contribution in [0, 0.1) is 19.7 Å². The van der Waals surface area contributed by atoms with E-state index in [9.17, 15) is 4.39 Å². The third-order valence-electron chi connectivity index (χ3n) is 4.59. The molecule has 1 aromatic heterocycles. The molecule has 2 aromatic rings. The lowest BCUT2D eigenvalue weighted by molar-refractivity contribution is 0.0513. The van der Waals surface area contributed by atoms with Crippen LogP contribution in [0.25, 0.3) is 11.3 Å². The monoisotopic (exact) mass is 375 g/mol. The van der Waals surface area contributed by atoms with Gasteiger partial charge in [0.1, 0.15) is 17.3 Å². The Hall–Kier alpha value is -2.32. The minimum Gasteiger partial charge on any atom is -0.467 e. The molecule has 0 spiro atoms. The van der Waals surface area contributed by atoms with Gasteiger partial charge in [0.15, 0.2) is 6.79 Å². The first kappa shape index (κ1) is 19.4. The van der Waals surface area contributed by atoms with E-state index in [1.54, 1.807) is 19.9 Å². The lowest BCUT2D eigenvalue weighted by atomic mass is 10.1. The average molecular weight is 375 g/mol. The van der Waals surface area contributed by atoms with E-state index in [1.165, 1.54) is 13.2 Å². The fourth-order valence-corrected chi connectivity index (χ4v) is 3.34. The van der Waals surface area contributed by atoms with Crippen LogP contribution in [-0.4, -0.2) is 60.2 Å². The number of hydrogen-bond donors (Lipinski definition) is 1. The number of likely N-dealkylation sites (tertiary alicyclic amines) is 1. The van der Waals surface area contributed by atoms with Gasteiger partial charge in [-0.15, -0.1) is 10.2 Å². The number of nitrogens with one attached hydrogen (secondary N) is 1. The fraction of sp³-hybridized carbons (Fsp3) is 0.526. The van der Waals surface area contributed by atoms with Crippen molar-refractivity contribution in [3.8, 4) is 17.0 Å². The van der Waals surface area contributed by atoms with Crippen LogP contribution in [0.1, 0.15) is 24.1 Å². The minimum absolute atomic E-state index is 0.0185. The number of ether oxygens (including phenoxy) is 2. The normalized spacial score (nSPS) is 17.7. The maximum absolute atomic E-state index is 14.7. The van der Waals surface area contributed by atoms with Crippen LogP contribution in [0.15, 0.2) is 12.1 Å². The molecule has 1 aliphatic rings. The maximum atomic E-state index is 14.7. The highest BCUT2D eigenvalue weighted by Crippen LogP contribution is 2.34. The molecule has 0 bridgehead atoms. The summed E-state index contributed by atoms with van der Waals surface area (Å²) in [6.45, 7) is 5.65. The number of methoxy groups -OCH3 is 1. The van der Waals surface area contributed by atoms with Gasteiger partial charge >= 0.3 is 0 Å². The second-order valence-corrected chi connectivity index (χ2v) is 6.99. The minimum atomic E-state index is -0.421. The Balaban J connectivity index is 1.87. The van der Waals surface area contributed by atoms with Gasteiger partial charge in [0.05, 0.1) is 11.3 Å². The lowest BCUT2D eigenvalue weighted by Gasteiger charge is -2.30. The topological polar surface area (TPSA) is 72.4 Å². The summed E-state index contributed by atoms with van der Waals surface area (Å²) >= 11 is 0. The number of likely N-dealkylation sites (N-methyl/N-ethyl adjacent to an activating group) is 1. The molecule has 27 heavy (non-hydrogen) atoms. The van der Waals surface area contributed by atoms with Gasteiger partial charge in [0.2, 0.25) is 5.95 Å². The summed E-state index contributed by atoms with van der Waals surface area (Å²) in [6, 6.07) is 3.48. The molecule has 2 heterocycles. The Morgan fingerprint density at radius 2 is 2.11 bits per heavy atom. The number of piperidine rings is 1. The highest BCUT2D eigenvalue weighted by molar-refractivity contribution is 5.70. The fourth-order valence-electron chi connectivity index (χ4n) is 3.34. The molecule has 7 nitrogen and oxygen atoms in total. The standard InChI is InChI=1S/C19H26FN5O2/c1-12-8-15(20)17(16(9-12)27-11-26-4)18-13(2)21-19(24-23-18)22-14-6-5-7-25(3)10-14/h8-9,14H,5-7,10-11H2,1-4H3,(H,21,22,24)/t14-/m1/s1. The van der Waals surface area contributed by atoms with Crippen LogP contribution < -0.4 is 10.1 Å². The molecule has 1 aromatic carbocycles. The van der Waals surface area contributed by atoms with Gasteiger partial charge in [-0.3, -0.25) is 0 Å². The van der Waals surface area contributed by atoms with E-state index in [0.717, 1.165) is 31.5 Å². The highest BCUT2D eigenvalue weighted by atomic mass is 19.1. The number of nitrogens with zero attached hydrogens (tertiary/aromatic N) is 4. The number of halogens is 1. The summed E-state index contributed by atoms with van der Waals surface area (Å²) in [5, 5.41) is 11.8. The molecule has 1 N–H and O–H groups in total. The molecule has 0 aliphatic carbocycles. The molecule has 1 atom stereocenters. The molecule has 8 heteroatoms. The maximum Gasteiger partial charge on any atom is 0.243 e. The first-order chi connectivity index (χ1) is 13.0. The van der Waals surface area contributed by atoms with Crippen molar-refractivity contribution in [1.82, 2.24) is 20.1 Å². The number of anilines is 1. The highest BCUT2D eigenvalue weighted by Gasteiger charge is 2.21. The largest absolute Gasteiger partial charge is 0.467 e. The number of hydrogen-bond acceptors (Lipinski definition) is 7. The number of benzene rings is 1. The predicted octanol–water partition coefficient (Wildman–Crippen LogP) is 2.78. The quantitative estimate of drug-likeness (QED) is 0.778. The smallest absolute Gasteiger partial charge is 0.243 e. The third kappa shape index (κ3) is 4.70. The van der Waals surface area contributed by atoms with Gasteiger partial charge < -0.3 is 19.7 Å². The predicted molar refractivity (Wildman–Crippen MR) is 101 cm³/mol. The molecule has 3 rings (SSSR count). The lowest BCUT2D eigenvalue weighted by Crippen LogP contribution is -2.40. The molecule has 0 unspecified atom stereocenters. The van der Waals surface area contributed by atoms with Crippen LogP contribution in [0.4, 0.5) is 10.3 Å². The Morgan fingerprint density at radius 1 is 1.30 bits per heavy atom. The van der Waals surface area contributed by atoms with Crippen LogP contribution in [0.2, 0.25) is 0 Å². The summed E-state index contributed by atoms with van der Waals surface area (Å²) in [4.78, 5) is 6.77. The molecule has 1 saturated heterocycles. The second-order valence-electron chi connectivity index (χ2n) is 6.99. The van der Waals surface area contributed by atoms with Crippen molar-refractivity contribution in [3.63, 3.8) is 0 Å². The van der Waals surface area contributed by atoms with E-state index in [-0.39, 0.29) is 18.4 Å². The zero-order chi connectivity index (χ0) is 19.4. The van der Waals surface area contributed by atoms with Crippen molar-refractivity contribution >= 4 is 5.95 Å². The average Bonchev–Trinajstić information content (AvgIpc) is 2.61. The Kier molecular flexibility index (Phi) is 6.18. The zero-order valence-electron chi connectivity index (χ0n) is 16.3. The van der Waals surface area contributed by atoms with Crippen LogP contribution in [0.3, 0.4) is 0 Å². The van der Waals surface area contributed by atoms with Gasteiger partial charge in [0.25, 0.3) is 0 Å². The van der Waals surface area contributed by atoms with Gasteiger partial charge in [-0.2, -0.15) is 0 Å². The van der Waals surface area contributed by atoms with E-state index in [4.69, 9.17) is 9.47 Å². The van der Waals surface area contributed by atoms with E-state index in [2.05, 4.69) is 32.4 Å². The summed E-state index contributed by atoms with van der Waals surface area (Å²) < 4.78 is 25.2. The number of aromatic nitrogens is 3. The molecular weight excluding hydrogens is 349 g/mol. The molecule has 146 valence electrons. The second kappa shape index (κ2) is 8.58. The first-order valence-corrected chi connectivity index (χ1v) is 9.06. The van der Waals surface area contributed by atoms with Crippen molar-refractivity contribution < 1.29 is 13.9 Å². The van der Waals surface area contributed by atoms with Gasteiger partial charge in [-0.25, -0.2) is 9.37 Å². The number of rotatable bonds is 6. The summed E-state index contributed by atoms with van der Waals surface area (Å²) in [6.07, 6.45) is 2.20. The SMILES string of the molecule is COCOc1cc(C)cc(F)c1-c1nnc(N[C@@H]2CCCN(C)C2)nc1C. The molecular formula is C19H26FN5O2.